The Morgan fingerprint density at radius 1 is 1.44 bits per heavy atom. The average molecular weight is 260 g/mol. The van der Waals surface area contributed by atoms with Gasteiger partial charge in [-0.25, -0.2) is 0 Å². The van der Waals surface area contributed by atoms with Gasteiger partial charge in [0.1, 0.15) is 10.1 Å². The summed E-state index contributed by atoms with van der Waals surface area (Å²) in [6, 6.07) is 7.08. The number of alkyl halides is 2. The molecule has 2 rings (SSSR count). The molecule has 1 aliphatic rings. The Balaban J connectivity index is 1.96. The largest absolute Gasteiger partial charge is 0.497 e. The smallest absolute Gasteiger partial charge is 0.230 e. The monoisotopic (exact) mass is 259 g/mol. The SMILES string of the molecule is COc1ccc(NC(=O)[C@H]2CC2(Cl)Cl)cc1. The summed E-state index contributed by atoms with van der Waals surface area (Å²) in [5, 5.41) is 2.75. The molecule has 0 radical (unpaired) electrons. The van der Waals surface area contributed by atoms with Crippen LogP contribution < -0.4 is 10.1 Å². The van der Waals surface area contributed by atoms with Crippen molar-refractivity contribution in [3.05, 3.63) is 24.3 Å². The minimum absolute atomic E-state index is 0.143. The zero-order chi connectivity index (χ0) is 11.8. The van der Waals surface area contributed by atoms with Gasteiger partial charge in [0.25, 0.3) is 0 Å². The molecule has 16 heavy (non-hydrogen) atoms. The van der Waals surface area contributed by atoms with Crippen molar-refractivity contribution in [3.8, 4) is 5.75 Å². The van der Waals surface area contributed by atoms with Crippen LogP contribution in [-0.4, -0.2) is 17.4 Å². The molecule has 1 aromatic carbocycles. The Morgan fingerprint density at radius 3 is 2.44 bits per heavy atom. The van der Waals surface area contributed by atoms with E-state index in [9.17, 15) is 4.79 Å². The molecule has 0 unspecified atom stereocenters. The van der Waals surface area contributed by atoms with E-state index in [4.69, 9.17) is 27.9 Å². The highest BCUT2D eigenvalue weighted by Crippen LogP contribution is 2.53. The number of ether oxygens (including phenoxy) is 1. The maximum Gasteiger partial charge on any atom is 0.230 e. The lowest BCUT2D eigenvalue weighted by Gasteiger charge is -2.06. The molecule has 0 aromatic heterocycles. The molecule has 1 aromatic rings. The molecule has 1 atom stereocenters. The molecule has 0 aliphatic heterocycles. The van der Waals surface area contributed by atoms with Crippen LogP contribution in [0.1, 0.15) is 6.42 Å². The zero-order valence-corrected chi connectivity index (χ0v) is 10.2. The molecule has 3 nitrogen and oxygen atoms in total. The molecule has 5 heteroatoms. The normalized spacial score (nSPS) is 21.3. The topological polar surface area (TPSA) is 38.3 Å². The third-order valence-corrected chi connectivity index (χ3v) is 3.34. The van der Waals surface area contributed by atoms with Crippen LogP contribution >= 0.6 is 23.2 Å². The highest BCUT2D eigenvalue weighted by atomic mass is 35.5. The zero-order valence-electron chi connectivity index (χ0n) is 8.67. The Bertz CT molecular complexity index is 403. The van der Waals surface area contributed by atoms with E-state index in [1.165, 1.54) is 0 Å². The van der Waals surface area contributed by atoms with Crippen LogP contribution in [0, 0.1) is 5.92 Å². The van der Waals surface area contributed by atoms with E-state index in [-0.39, 0.29) is 11.8 Å². The number of hydrogen-bond donors (Lipinski definition) is 1. The van der Waals surface area contributed by atoms with E-state index in [1.54, 1.807) is 31.4 Å². The summed E-state index contributed by atoms with van der Waals surface area (Å²) < 4.78 is 4.13. The first-order valence-electron chi connectivity index (χ1n) is 4.85. The number of methoxy groups -OCH3 is 1. The van der Waals surface area contributed by atoms with Gasteiger partial charge in [0, 0.05) is 5.69 Å². The highest BCUT2D eigenvalue weighted by Gasteiger charge is 2.56. The van der Waals surface area contributed by atoms with Gasteiger partial charge < -0.3 is 10.1 Å². The van der Waals surface area contributed by atoms with Gasteiger partial charge in [-0.2, -0.15) is 0 Å². The number of carbonyl (C=O) groups is 1. The van der Waals surface area contributed by atoms with Crippen molar-refractivity contribution in [2.45, 2.75) is 10.8 Å². The molecule has 0 spiro atoms. The second-order valence-corrected chi connectivity index (χ2v) is 5.28. The summed E-state index contributed by atoms with van der Waals surface area (Å²) >= 11 is 11.6. The summed E-state index contributed by atoms with van der Waals surface area (Å²) in [5.74, 6) is 0.293. The van der Waals surface area contributed by atoms with E-state index in [0.29, 0.717) is 12.1 Å². The summed E-state index contributed by atoms with van der Waals surface area (Å²) in [5.41, 5.74) is 0.710. The van der Waals surface area contributed by atoms with Crippen LogP contribution in [0.25, 0.3) is 0 Å². The van der Waals surface area contributed by atoms with Gasteiger partial charge in [-0.1, -0.05) is 0 Å². The number of halogens is 2. The van der Waals surface area contributed by atoms with Crippen LogP contribution in [0.15, 0.2) is 24.3 Å². The van der Waals surface area contributed by atoms with Gasteiger partial charge in [0.15, 0.2) is 0 Å². The molecule has 1 aliphatic carbocycles. The maximum atomic E-state index is 11.6. The van der Waals surface area contributed by atoms with Gasteiger partial charge in [0.05, 0.1) is 13.0 Å². The van der Waals surface area contributed by atoms with Crippen LogP contribution in [0.2, 0.25) is 0 Å². The number of nitrogens with one attached hydrogen (secondary N) is 1. The minimum atomic E-state index is -0.878. The van der Waals surface area contributed by atoms with Crippen LogP contribution in [-0.2, 0) is 4.79 Å². The molecule has 0 bridgehead atoms. The average Bonchev–Trinajstić information content (AvgIpc) is 2.89. The molecule has 1 fully saturated rings. The molecule has 86 valence electrons. The first-order valence-corrected chi connectivity index (χ1v) is 5.61. The lowest BCUT2D eigenvalue weighted by atomic mass is 10.3. The molecule has 1 saturated carbocycles. The lowest BCUT2D eigenvalue weighted by molar-refractivity contribution is -0.117. The Labute approximate surface area is 104 Å². The van der Waals surface area contributed by atoms with Crippen molar-refractivity contribution in [1.29, 1.82) is 0 Å². The van der Waals surface area contributed by atoms with Crippen LogP contribution in [0.5, 0.6) is 5.75 Å². The fraction of sp³-hybridized carbons (Fsp3) is 0.364. The van der Waals surface area contributed by atoms with Gasteiger partial charge in [0.2, 0.25) is 5.91 Å². The van der Waals surface area contributed by atoms with E-state index in [0.717, 1.165) is 5.75 Å². The second kappa shape index (κ2) is 4.15. The van der Waals surface area contributed by atoms with Crippen molar-refractivity contribution in [1.82, 2.24) is 0 Å². The molecule has 1 amide bonds. The van der Waals surface area contributed by atoms with E-state index in [2.05, 4.69) is 5.32 Å². The fourth-order valence-electron chi connectivity index (χ4n) is 1.40. The molecule has 1 N–H and O–H groups in total. The lowest BCUT2D eigenvalue weighted by Crippen LogP contribution is -2.16. The first kappa shape index (κ1) is 11.6. The molecular weight excluding hydrogens is 249 g/mol. The predicted octanol–water partition coefficient (Wildman–Crippen LogP) is 2.83. The van der Waals surface area contributed by atoms with Crippen molar-refractivity contribution in [3.63, 3.8) is 0 Å². The van der Waals surface area contributed by atoms with Crippen molar-refractivity contribution in [2.75, 3.05) is 12.4 Å². The summed E-state index contributed by atoms with van der Waals surface area (Å²) in [4.78, 5) is 11.6. The number of amides is 1. The quantitative estimate of drug-likeness (QED) is 0.848. The van der Waals surface area contributed by atoms with Crippen LogP contribution in [0.4, 0.5) is 5.69 Å². The Hall–Kier alpha value is -0.930. The van der Waals surface area contributed by atoms with Crippen molar-refractivity contribution in [2.24, 2.45) is 5.92 Å². The number of carbonyl (C=O) groups excluding carboxylic acids is 1. The number of anilines is 1. The van der Waals surface area contributed by atoms with Crippen molar-refractivity contribution < 1.29 is 9.53 Å². The third kappa shape index (κ3) is 2.42. The van der Waals surface area contributed by atoms with Gasteiger partial charge >= 0.3 is 0 Å². The third-order valence-electron chi connectivity index (χ3n) is 2.50. The highest BCUT2D eigenvalue weighted by molar-refractivity contribution is 6.52. The number of rotatable bonds is 3. The van der Waals surface area contributed by atoms with Gasteiger partial charge in [-0.05, 0) is 30.7 Å². The minimum Gasteiger partial charge on any atom is -0.497 e. The summed E-state index contributed by atoms with van der Waals surface area (Å²) in [6.45, 7) is 0. The number of hydrogen-bond acceptors (Lipinski definition) is 2. The fourth-order valence-corrected chi connectivity index (χ4v) is 1.91. The summed E-state index contributed by atoms with van der Waals surface area (Å²) in [7, 11) is 1.59. The standard InChI is InChI=1S/C11H11Cl2NO2/c1-16-8-4-2-7(3-5-8)14-10(15)9-6-11(9,12)13/h2-5,9H,6H2,1H3,(H,14,15)/t9-/m1/s1. The van der Waals surface area contributed by atoms with Crippen LogP contribution in [0.3, 0.4) is 0 Å². The first-order chi connectivity index (χ1) is 7.53. The Kier molecular flexibility index (Phi) is 3.00. The van der Waals surface area contributed by atoms with Gasteiger partial charge in [-0.3, -0.25) is 4.79 Å². The van der Waals surface area contributed by atoms with Crippen molar-refractivity contribution >= 4 is 34.8 Å². The van der Waals surface area contributed by atoms with E-state index < -0.39 is 4.33 Å². The molecule has 0 saturated heterocycles. The predicted molar refractivity (Wildman–Crippen MR) is 64.2 cm³/mol. The number of benzene rings is 1. The van der Waals surface area contributed by atoms with E-state index >= 15 is 0 Å². The summed E-state index contributed by atoms with van der Waals surface area (Å²) in [6.07, 6.45) is 0.512. The molecular formula is C11H11Cl2NO2. The van der Waals surface area contributed by atoms with Gasteiger partial charge in [-0.15, -0.1) is 23.2 Å². The molecule has 0 heterocycles. The Morgan fingerprint density at radius 2 is 2.00 bits per heavy atom. The second-order valence-electron chi connectivity index (χ2n) is 3.74. The maximum absolute atomic E-state index is 11.6. The van der Waals surface area contributed by atoms with E-state index in [1.807, 2.05) is 0 Å².